The third kappa shape index (κ3) is 2.28. The number of anilines is 1. The van der Waals surface area contributed by atoms with Crippen molar-refractivity contribution in [2.24, 2.45) is 5.41 Å². The molecule has 1 spiro atoms. The van der Waals surface area contributed by atoms with Crippen LogP contribution in [0.5, 0.6) is 0 Å². The number of hydrogen-bond donors (Lipinski definition) is 1. The van der Waals surface area contributed by atoms with E-state index in [-0.39, 0.29) is 0 Å². The largest absolute Gasteiger partial charge is 0.366 e. The predicted octanol–water partition coefficient (Wildman–Crippen LogP) is 4.10. The second-order valence-electron chi connectivity index (χ2n) is 7.54. The molecule has 2 saturated carbocycles. The van der Waals surface area contributed by atoms with Gasteiger partial charge in [0.2, 0.25) is 0 Å². The lowest BCUT2D eigenvalue weighted by molar-refractivity contribution is 0.0395. The molecule has 2 nitrogen and oxygen atoms in total. The zero-order valence-electron chi connectivity index (χ0n) is 13.3. The Balaban J connectivity index is 1.66. The summed E-state index contributed by atoms with van der Waals surface area (Å²) in [7, 11) is 0. The summed E-state index contributed by atoms with van der Waals surface area (Å²) in [6.45, 7) is 4.53. The quantitative estimate of drug-likeness (QED) is 0.835. The Bertz CT molecular complexity index is 504. The summed E-state index contributed by atoms with van der Waals surface area (Å²) in [4.78, 5) is 2.77. The Hall–Kier alpha value is -1.02. The maximum atomic E-state index is 3.68. The van der Waals surface area contributed by atoms with E-state index < -0.39 is 0 Å². The molecule has 1 aromatic rings. The SMILES string of the molecule is CC1CN(C2CCC23CCCCC3)c2ccccc2CN1. The number of benzene rings is 1. The lowest BCUT2D eigenvalue weighted by Gasteiger charge is -2.57. The Morgan fingerprint density at radius 3 is 2.67 bits per heavy atom. The van der Waals surface area contributed by atoms with Gasteiger partial charge >= 0.3 is 0 Å². The van der Waals surface area contributed by atoms with Crippen molar-refractivity contribution in [2.45, 2.75) is 70.5 Å². The van der Waals surface area contributed by atoms with E-state index >= 15 is 0 Å². The monoisotopic (exact) mass is 284 g/mol. The number of rotatable bonds is 1. The van der Waals surface area contributed by atoms with Crippen LogP contribution in [0.3, 0.4) is 0 Å². The van der Waals surface area contributed by atoms with Crippen molar-refractivity contribution in [2.75, 3.05) is 11.4 Å². The normalized spacial score (nSPS) is 31.4. The number of para-hydroxylation sites is 1. The van der Waals surface area contributed by atoms with E-state index in [1.807, 2.05) is 0 Å². The van der Waals surface area contributed by atoms with Gasteiger partial charge in [-0.2, -0.15) is 0 Å². The van der Waals surface area contributed by atoms with Gasteiger partial charge in [-0.3, -0.25) is 0 Å². The molecule has 0 saturated heterocycles. The van der Waals surface area contributed by atoms with Crippen molar-refractivity contribution in [3.8, 4) is 0 Å². The van der Waals surface area contributed by atoms with Crippen LogP contribution in [0.2, 0.25) is 0 Å². The molecule has 3 aliphatic rings. The van der Waals surface area contributed by atoms with Crippen molar-refractivity contribution in [1.82, 2.24) is 5.32 Å². The first-order valence-electron chi connectivity index (χ1n) is 8.86. The summed E-state index contributed by atoms with van der Waals surface area (Å²) < 4.78 is 0. The average molecular weight is 284 g/mol. The van der Waals surface area contributed by atoms with Gasteiger partial charge in [-0.1, -0.05) is 37.5 Å². The second-order valence-corrected chi connectivity index (χ2v) is 7.54. The maximum absolute atomic E-state index is 3.68. The van der Waals surface area contributed by atoms with Crippen molar-refractivity contribution in [1.29, 1.82) is 0 Å². The molecule has 4 rings (SSSR count). The van der Waals surface area contributed by atoms with Crippen LogP contribution in [0.4, 0.5) is 5.69 Å². The van der Waals surface area contributed by atoms with Gasteiger partial charge < -0.3 is 10.2 Å². The van der Waals surface area contributed by atoms with Crippen molar-refractivity contribution >= 4 is 5.69 Å². The summed E-state index contributed by atoms with van der Waals surface area (Å²) in [5, 5.41) is 3.68. The molecule has 21 heavy (non-hydrogen) atoms. The third-order valence-electron chi connectivity index (χ3n) is 6.26. The van der Waals surface area contributed by atoms with Crippen LogP contribution < -0.4 is 10.2 Å². The smallest absolute Gasteiger partial charge is 0.0415 e. The van der Waals surface area contributed by atoms with Gasteiger partial charge in [-0.25, -0.2) is 0 Å². The summed E-state index contributed by atoms with van der Waals surface area (Å²) in [5.74, 6) is 0. The van der Waals surface area contributed by atoms with E-state index in [1.54, 1.807) is 0 Å². The van der Waals surface area contributed by atoms with Gasteiger partial charge in [0.05, 0.1) is 0 Å². The summed E-state index contributed by atoms with van der Waals surface area (Å²) in [5.41, 5.74) is 3.64. The zero-order valence-corrected chi connectivity index (χ0v) is 13.3. The minimum Gasteiger partial charge on any atom is -0.366 e. The predicted molar refractivity (Wildman–Crippen MR) is 88.6 cm³/mol. The van der Waals surface area contributed by atoms with E-state index in [1.165, 1.54) is 62.7 Å². The highest BCUT2D eigenvalue weighted by atomic mass is 15.2. The van der Waals surface area contributed by atoms with Crippen LogP contribution in [0.1, 0.15) is 57.4 Å². The highest BCUT2D eigenvalue weighted by molar-refractivity contribution is 5.56. The molecular formula is C19H28N2. The molecule has 1 aromatic carbocycles. The molecule has 2 heteroatoms. The first kappa shape index (κ1) is 13.6. The van der Waals surface area contributed by atoms with Crippen LogP contribution in [-0.2, 0) is 6.54 Å². The number of fused-ring (bicyclic) bond motifs is 1. The van der Waals surface area contributed by atoms with Crippen molar-refractivity contribution < 1.29 is 0 Å². The van der Waals surface area contributed by atoms with Crippen LogP contribution in [-0.4, -0.2) is 18.6 Å². The fraction of sp³-hybridized carbons (Fsp3) is 0.684. The van der Waals surface area contributed by atoms with Crippen LogP contribution in [0, 0.1) is 5.41 Å². The maximum Gasteiger partial charge on any atom is 0.0415 e. The highest BCUT2D eigenvalue weighted by Gasteiger charge is 2.50. The molecule has 1 aliphatic heterocycles. The van der Waals surface area contributed by atoms with E-state index in [0.29, 0.717) is 11.5 Å². The summed E-state index contributed by atoms with van der Waals surface area (Å²) >= 11 is 0. The summed E-state index contributed by atoms with van der Waals surface area (Å²) in [6.07, 6.45) is 10.2. The van der Waals surface area contributed by atoms with Gasteiger partial charge in [-0.15, -0.1) is 0 Å². The van der Waals surface area contributed by atoms with Crippen LogP contribution in [0.15, 0.2) is 24.3 Å². The Labute approximate surface area is 128 Å². The first-order chi connectivity index (χ1) is 10.3. The Morgan fingerprint density at radius 2 is 1.90 bits per heavy atom. The lowest BCUT2D eigenvalue weighted by Crippen LogP contribution is -2.58. The average Bonchev–Trinajstić information content (AvgIpc) is 2.67. The molecule has 2 fully saturated rings. The van der Waals surface area contributed by atoms with E-state index in [4.69, 9.17) is 0 Å². The Kier molecular flexibility index (Phi) is 3.45. The fourth-order valence-electron chi connectivity index (χ4n) is 4.98. The van der Waals surface area contributed by atoms with Gasteiger partial charge in [0.15, 0.2) is 0 Å². The van der Waals surface area contributed by atoms with Crippen molar-refractivity contribution in [3.05, 3.63) is 29.8 Å². The fourth-order valence-corrected chi connectivity index (χ4v) is 4.98. The van der Waals surface area contributed by atoms with E-state index in [0.717, 1.165) is 12.6 Å². The zero-order chi connectivity index (χ0) is 14.3. The molecule has 0 bridgehead atoms. The number of nitrogens with one attached hydrogen (secondary N) is 1. The third-order valence-corrected chi connectivity index (χ3v) is 6.26. The topological polar surface area (TPSA) is 15.3 Å². The molecule has 0 amide bonds. The highest BCUT2D eigenvalue weighted by Crippen LogP contribution is 2.54. The molecule has 1 N–H and O–H groups in total. The minimum atomic E-state index is 0.582. The van der Waals surface area contributed by atoms with E-state index in [2.05, 4.69) is 41.4 Å². The molecule has 1 heterocycles. The number of hydrogen-bond acceptors (Lipinski definition) is 2. The molecule has 2 unspecified atom stereocenters. The van der Waals surface area contributed by atoms with Crippen molar-refractivity contribution in [3.63, 3.8) is 0 Å². The molecule has 0 aromatic heterocycles. The summed E-state index contributed by atoms with van der Waals surface area (Å²) in [6, 6.07) is 10.4. The number of nitrogens with zero attached hydrogens (tertiary/aromatic N) is 1. The molecule has 114 valence electrons. The van der Waals surface area contributed by atoms with Gasteiger partial charge in [0, 0.05) is 30.9 Å². The van der Waals surface area contributed by atoms with Crippen LogP contribution in [0.25, 0.3) is 0 Å². The molecular weight excluding hydrogens is 256 g/mol. The van der Waals surface area contributed by atoms with Crippen LogP contribution >= 0.6 is 0 Å². The van der Waals surface area contributed by atoms with Gasteiger partial charge in [-0.05, 0) is 49.7 Å². The van der Waals surface area contributed by atoms with E-state index in [9.17, 15) is 0 Å². The molecule has 2 aliphatic carbocycles. The standard InChI is InChI=1S/C19H28N2/c1-15-14-21(17-8-4-3-7-16(17)13-20-15)18-9-12-19(18)10-5-2-6-11-19/h3-4,7-8,15,18,20H,2,5-6,9-14H2,1H3. The van der Waals surface area contributed by atoms with Gasteiger partial charge in [0.25, 0.3) is 0 Å². The molecule has 2 atom stereocenters. The first-order valence-corrected chi connectivity index (χ1v) is 8.86. The lowest BCUT2D eigenvalue weighted by atomic mass is 9.56. The molecule has 0 radical (unpaired) electrons. The Morgan fingerprint density at radius 1 is 1.10 bits per heavy atom. The van der Waals surface area contributed by atoms with Gasteiger partial charge in [0.1, 0.15) is 0 Å². The second kappa shape index (κ2) is 5.31. The minimum absolute atomic E-state index is 0.582.